The first-order valence-corrected chi connectivity index (χ1v) is 11.2. The summed E-state index contributed by atoms with van der Waals surface area (Å²) in [4.78, 5) is 39.9. The minimum Gasteiger partial charge on any atom is -0.480 e. The quantitative estimate of drug-likeness (QED) is 0.533. The number of aryl methyl sites for hydroxylation is 1. The number of ether oxygens (including phenoxy) is 1. The molecule has 0 radical (unpaired) electrons. The number of aromatic carboxylic acids is 1. The Morgan fingerprint density at radius 2 is 1.94 bits per heavy atom. The number of rotatable bonds is 8. The molecule has 2 saturated heterocycles. The van der Waals surface area contributed by atoms with E-state index in [0.29, 0.717) is 43.7 Å². The van der Waals surface area contributed by atoms with E-state index in [1.54, 1.807) is 12.3 Å². The minimum absolute atomic E-state index is 0.0519. The number of nitrogens with zero attached hydrogens (tertiary/aromatic N) is 3. The van der Waals surface area contributed by atoms with Crippen LogP contribution >= 0.6 is 0 Å². The number of carbonyl (C=O) groups is 3. The molecule has 1 amide bonds. The average molecular weight is 459 g/mol. The van der Waals surface area contributed by atoms with Crippen molar-refractivity contribution < 1.29 is 29.3 Å². The maximum atomic E-state index is 12.3. The lowest BCUT2D eigenvalue weighted by atomic mass is 10.0. The number of aliphatic carboxylic acids is 1. The smallest absolute Gasteiger partial charge is 0.335 e. The number of benzene rings is 1. The molecule has 10 heteroatoms. The highest BCUT2D eigenvalue weighted by molar-refractivity contribution is 5.96. The third kappa shape index (κ3) is 5.18. The predicted molar refractivity (Wildman–Crippen MR) is 120 cm³/mol. The van der Waals surface area contributed by atoms with Crippen LogP contribution in [0.15, 0.2) is 24.4 Å². The molecule has 10 nitrogen and oxygen atoms in total. The highest BCUT2D eigenvalue weighted by Gasteiger charge is 2.33. The van der Waals surface area contributed by atoms with Gasteiger partial charge in [0.1, 0.15) is 6.04 Å². The van der Waals surface area contributed by atoms with Crippen LogP contribution in [-0.2, 0) is 21.4 Å². The third-order valence-corrected chi connectivity index (χ3v) is 6.49. The van der Waals surface area contributed by atoms with Crippen molar-refractivity contribution in [2.75, 3.05) is 45.9 Å². The summed E-state index contributed by atoms with van der Waals surface area (Å²) in [6.07, 6.45) is 3.86. The second-order valence-electron chi connectivity index (χ2n) is 8.72. The van der Waals surface area contributed by atoms with E-state index in [4.69, 9.17) is 4.74 Å². The number of fused-ring (bicyclic) bond motifs is 1. The molecule has 0 spiro atoms. The zero-order valence-corrected chi connectivity index (χ0v) is 18.7. The van der Waals surface area contributed by atoms with Crippen molar-refractivity contribution in [3.63, 3.8) is 0 Å². The molecule has 4 rings (SSSR count). The largest absolute Gasteiger partial charge is 0.480 e. The zero-order valence-electron chi connectivity index (χ0n) is 18.7. The van der Waals surface area contributed by atoms with Gasteiger partial charge in [0.05, 0.1) is 18.2 Å². The second-order valence-corrected chi connectivity index (χ2v) is 8.72. The molecule has 3 heterocycles. The number of carboxylic acids is 2. The molecular weight excluding hydrogens is 428 g/mol. The van der Waals surface area contributed by atoms with Crippen LogP contribution in [-0.4, -0.2) is 94.4 Å². The van der Waals surface area contributed by atoms with E-state index in [2.05, 4.69) is 5.32 Å². The molecule has 0 saturated carbocycles. The van der Waals surface area contributed by atoms with Crippen molar-refractivity contribution in [3.8, 4) is 0 Å². The molecular formula is C23H30N4O6. The van der Waals surface area contributed by atoms with Gasteiger partial charge in [-0.15, -0.1) is 0 Å². The molecule has 0 bridgehead atoms. The fourth-order valence-corrected chi connectivity index (χ4v) is 4.73. The molecule has 2 aliphatic rings. The van der Waals surface area contributed by atoms with Crippen LogP contribution in [0.3, 0.4) is 0 Å². The lowest BCUT2D eigenvalue weighted by molar-refractivity contribution is -0.144. The number of hydrogen-bond acceptors (Lipinski definition) is 6. The molecule has 3 N–H and O–H groups in total. The Bertz CT molecular complexity index is 1040. The first kappa shape index (κ1) is 23.2. The molecule has 33 heavy (non-hydrogen) atoms. The summed E-state index contributed by atoms with van der Waals surface area (Å²) in [5.74, 6) is -2.08. The number of piperazine rings is 1. The minimum atomic E-state index is -1.05. The number of hydrogen-bond donors (Lipinski definition) is 3. The second kappa shape index (κ2) is 9.90. The van der Waals surface area contributed by atoms with E-state index in [-0.39, 0.29) is 24.1 Å². The lowest BCUT2D eigenvalue weighted by Gasteiger charge is -2.37. The number of amides is 1. The Balaban J connectivity index is 1.42. The van der Waals surface area contributed by atoms with Gasteiger partial charge in [-0.1, -0.05) is 0 Å². The molecule has 2 fully saturated rings. The van der Waals surface area contributed by atoms with Crippen molar-refractivity contribution >= 4 is 28.7 Å². The van der Waals surface area contributed by atoms with Crippen molar-refractivity contribution in [1.29, 1.82) is 0 Å². The van der Waals surface area contributed by atoms with Crippen molar-refractivity contribution in [2.24, 2.45) is 7.05 Å². The highest BCUT2D eigenvalue weighted by Crippen LogP contribution is 2.31. The van der Waals surface area contributed by atoms with Gasteiger partial charge in [-0.05, 0) is 31.0 Å². The van der Waals surface area contributed by atoms with E-state index in [0.717, 1.165) is 25.0 Å². The molecule has 0 unspecified atom stereocenters. The van der Waals surface area contributed by atoms with Gasteiger partial charge in [-0.25, -0.2) is 4.79 Å². The summed E-state index contributed by atoms with van der Waals surface area (Å²) in [5, 5.41) is 23.0. The topological polar surface area (TPSA) is 124 Å². The molecule has 2 aromatic rings. The van der Waals surface area contributed by atoms with Gasteiger partial charge in [0, 0.05) is 69.0 Å². The summed E-state index contributed by atoms with van der Waals surface area (Å²) < 4.78 is 7.35. The Morgan fingerprint density at radius 1 is 1.18 bits per heavy atom. The van der Waals surface area contributed by atoms with Crippen molar-refractivity contribution in [1.82, 2.24) is 19.7 Å². The first-order valence-electron chi connectivity index (χ1n) is 11.2. The predicted octanol–water partition coefficient (Wildman–Crippen LogP) is 0.915. The van der Waals surface area contributed by atoms with Crippen LogP contribution in [0, 0.1) is 0 Å². The average Bonchev–Trinajstić information content (AvgIpc) is 3.41. The van der Waals surface area contributed by atoms with Crippen LogP contribution in [0.2, 0.25) is 0 Å². The molecule has 1 aromatic heterocycles. The summed E-state index contributed by atoms with van der Waals surface area (Å²) >= 11 is 0. The van der Waals surface area contributed by atoms with E-state index in [9.17, 15) is 24.6 Å². The Kier molecular flexibility index (Phi) is 6.96. The maximum Gasteiger partial charge on any atom is 0.335 e. The normalized spacial score (nSPS) is 20.7. The van der Waals surface area contributed by atoms with Gasteiger partial charge in [-0.2, -0.15) is 0 Å². The number of aromatic nitrogens is 1. The van der Waals surface area contributed by atoms with Gasteiger partial charge in [-0.3, -0.25) is 19.4 Å². The Labute approximate surface area is 191 Å². The standard InChI is InChI=1S/C23H30N4O6/c1-25-13-18(17-11-15(22(29)30)4-5-19(17)25)21(23(31)32)27-8-6-26(7-9-27)14-20(28)24-12-16-3-2-10-33-16/h4-5,11,13,16,21H,2-3,6-10,12,14H2,1H3,(H,24,28)(H,29,30)(H,31,32)/t16-,21+/m1/s1. The Morgan fingerprint density at radius 3 is 2.58 bits per heavy atom. The number of nitrogens with one attached hydrogen (secondary N) is 1. The SMILES string of the molecule is Cn1cc([C@@H](C(=O)O)N2CCN(CC(=O)NC[C@H]3CCCO3)CC2)c2cc(C(=O)O)ccc21. The first-order chi connectivity index (χ1) is 15.8. The van der Waals surface area contributed by atoms with Crippen LogP contribution < -0.4 is 5.32 Å². The number of carboxylic acid groups (broad SMARTS) is 2. The van der Waals surface area contributed by atoms with E-state index in [1.165, 1.54) is 12.1 Å². The molecule has 2 aliphatic heterocycles. The van der Waals surface area contributed by atoms with E-state index >= 15 is 0 Å². The van der Waals surface area contributed by atoms with E-state index in [1.807, 2.05) is 21.4 Å². The van der Waals surface area contributed by atoms with Gasteiger partial charge < -0.3 is 24.8 Å². The molecule has 178 valence electrons. The van der Waals surface area contributed by atoms with Gasteiger partial charge in [0.15, 0.2) is 0 Å². The van der Waals surface area contributed by atoms with Crippen molar-refractivity contribution in [2.45, 2.75) is 25.0 Å². The summed E-state index contributed by atoms with van der Waals surface area (Å²) in [6.45, 7) is 3.68. The van der Waals surface area contributed by atoms with Gasteiger partial charge in [0.2, 0.25) is 5.91 Å². The van der Waals surface area contributed by atoms with Crippen LogP contribution in [0.25, 0.3) is 10.9 Å². The molecule has 0 aliphatic carbocycles. The van der Waals surface area contributed by atoms with Crippen LogP contribution in [0.5, 0.6) is 0 Å². The Hall–Kier alpha value is -2.95. The highest BCUT2D eigenvalue weighted by atomic mass is 16.5. The maximum absolute atomic E-state index is 12.3. The van der Waals surface area contributed by atoms with Gasteiger partial charge in [0.25, 0.3) is 0 Å². The zero-order chi connectivity index (χ0) is 23.5. The van der Waals surface area contributed by atoms with Crippen molar-refractivity contribution in [3.05, 3.63) is 35.5 Å². The fourth-order valence-electron chi connectivity index (χ4n) is 4.73. The lowest BCUT2D eigenvalue weighted by Crippen LogP contribution is -2.51. The summed E-state index contributed by atoms with van der Waals surface area (Å²) in [6, 6.07) is 3.87. The van der Waals surface area contributed by atoms with Crippen LogP contribution in [0.1, 0.15) is 34.8 Å². The monoisotopic (exact) mass is 458 g/mol. The summed E-state index contributed by atoms with van der Waals surface area (Å²) in [7, 11) is 1.82. The van der Waals surface area contributed by atoms with Crippen LogP contribution in [0.4, 0.5) is 0 Å². The summed E-state index contributed by atoms with van der Waals surface area (Å²) in [5.41, 5.74) is 1.48. The van der Waals surface area contributed by atoms with Gasteiger partial charge >= 0.3 is 11.9 Å². The molecule has 1 aromatic carbocycles. The molecule has 2 atom stereocenters. The van der Waals surface area contributed by atoms with E-state index < -0.39 is 18.0 Å². The fraction of sp³-hybridized carbons (Fsp3) is 0.522. The number of carbonyl (C=O) groups excluding carboxylic acids is 1. The third-order valence-electron chi connectivity index (χ3n) is 6.49.